The zero-order chi connectivity index (χ0) is 46.5. The number of allylic oxidation sites excluding steroid dienone is 3. The predicted molar refractivity (Wildman–Crippen MR) is 278 cm³/mol. The number of hydrogen-bond acceptors (Lipinski definition) is 5. The molecule has 0 aromatic rings. The first-order valence-electron chi connectivity index (χ1n) is 28.6. The topological polar surface area (TPSA) is 95.9 Å². The van der Waals surface area contributed by atoms with Crippen LogP contribution in [0.5, 0.6) is 0 Å². The van der Waals surface area contributed by atoms with E-state index < -0.39 is 12.1 Å². The molecule has 2 atom stereocenters. The van der Waals surface area contributed by atoms with Crippen molar-refractivity contribution in [2.75, 3.05) is 13.2 Å². The minimum atomic E-state index is -0.858. The fourth-order valence-corrected chi connectivity index (χ4v) is 8.81. The highest BCUT2D eigenvalue weighted by molar-refractivity contribution is 5.76. The van der Waals surface area contributed by atoms with Crippen LogP contribution in [0.1, 0.15) is 309 Å². The summed E-state index contributed by atoms with van der Waals surface area (Å²) in [5.74, 6) is -0.110. The Hall–Kier alpha value is -1.66. The number of rotatable bonds is 53. The SMILES string of the molecule is CCCCC/C=C\CCCCCCCC(=O)OCCCCCCCCCCCCCC(=O)NC(CO)C(O)/C=C/CCCCCCCCCCCCCCCCCCCCCCCC. The van der Waals surface area contributed by atoms with Gasteiger partial charge in [-0.1, -0.05) is 263 Å². The summed E-state index contributed by atoms with van der Waals surface area (Å²) >= 11 is 0. The van der Waals surface area contributed by atoms with Gasteiger partial charge in [-0.3, -0.25) is 9.59 Å². The summed E-state index contributed by atoms with van der Waals surface area (Å²) in [4.78, 5) is 24.5. The second-order valence-electron chi connectivity index (χ2n) is 19.6. The molecular formula is C58H111NO5. The highest BCUT2D eigenvalue weighted by Crippen LogP contribution is 2.17. The molecule has 0 aromatic heterocycles. The second-order valence-corrected chi connectivity index (χ2v) is 19.6. The molecule has 0 aliphatic heterocycles. The van der Waals surface area contributed by atoms with Crippen LogP contribution in [0.3, 0.4) is 0 Å². The molecule has 0 spiro atoms. The Morgan fingerprint density at radius 1 is 0.422 bits per heavy atom. The van der Waals surface area contributed by atoms with Crippen LogP contribution in [0.15, 0.2) is 24.3 Å². The van der Waals surface area contributed by atoms with E-state index >= 15 is 0 Å². The molecule has 2 unspecified atom stereocenters. The van der Waals surface area contributed by atoms with Crippen LogP contribution in [0.4, 0.5) is 0 Å². The largest absolute Gasteiger partial charge is 0.466 e. The predicted octanol–water partition coefficient (Wildman–Crippen LogP) is 17.5. The minimum absolute atomic E-state index is 0.0249. The molecule has 0 rings (SSSR count). The summed E-state index contributed by atoms with van der Waals surface area (Å²) in [6.07, 6.45) is 64.8. The number of ether oxygens (including phenoxy) is 1. The van der Waals surface area contributed by atoms with Crippen molar-refractivity contribution in [2.45, 2.75) is 321 Å². The van der Waals surface area contributed by atoms with Gasteiger partial charge in [0.1, 0.15) is 0 Å². The molecule has 3 N–H and O–H groups in total. The number of aliphatic hydroxyl groups excluding tert-OH is 2. The molecule has 6 heteroatoms. The van der Waals surface area contributed by atoms with E-state index in [1.54, 1.807) is 6.08 Å². The lowest BCUT2D eigenvalue weighted by atomic mass is 10.0. The average molecular weight is 903 g/mol. The van der Waals surface area contributed by atoms with Gasteiger partial charge < -0.3 is 20.3 Å². The normalized spacial score (nSPS) is 12.8. The van der Waals surface area contributed by atoms with Gasteiger partial charge in [0.2, 0.25) is 5.91 Å². The zero-order valence-electron chi connectivity index (χ0n) is 43.0. The van der Waals surface area contributed by atoms with E-state index in [0.29, 0.717) is 19.4 Å². The summed E-state index contributed by atoms with van der Waals surface area (Å²) in [6, 6.07) is -0.643. The average Bonchev–Trinajstić information content (AvgIpc) is 3.29. The Bertz CT molecular complexity index is 997. The van der Waals surface area contributed by atoms with Crippen LogP contribution in [-0.4, -0.2) is 47.4 Å². The number of unbranched alkanes of at least 4 members (excludes halogenated alkanes) is 40. The maximum Gasteiger partial charge on any atom is 0.305 e. The van der Waals surface area contributed by atoms with Crippen LogP contribution in [0.25, 0.3) is 0 Å². The molecule has 0 aromatic carbocycles. The van der Waals surface area contributed by atoms with Crippen molar-refractivity contribution in [3.8, 4) is 0 Å². The maximum absolute atomic E-state index is 12.5. The summed E-state index contributed by atoms with van der Waals surface area (Å²) in [6.45, 7) is 4.85. The van der Waals surface area contributed by atoms with E-state index in [4.69, 9.17) is 4.74 Å². The van der Waals surface area contributed by atoms with Crippen molar-refractivity contribution in [1.82, 2.24) is 5.32 Å². The molecule has 0 fully saturated rings. The Morgan fingerprint density at radius 2 is 0.734 bits per heavy atom. The number of aliphatic hydroxyl groups is 2. The van der Waals surface area contributed by atoms with Gasteiger partial charge in [0, 0.05) is 12.8 Å². The Kier molecular flexibility index (Phi) is 52.6. The van der Waals surface area contributed by atoms with Crippen molar-refractivity contribution in [1.29, 1.82) is 0 Å². The van der Waals surface area contributed by atoms with Crippen LogP contribution >= 0.6 is 0 Å². The van der Waals surface area contributed by atoms with Gasteiger partial charge >= 0.3 is 5.97 Å². The number of esters is 1. The molecule has 64 heavy (non-hydrogen) atoms. The Morgan fingerprint density at radius 3 is 1.14 bits per heavy atom. The number of hydrogen-bond donors (Lipinski definition) is 3. The third kappa shape index (κ3) is 49.8. The lowest BCUT2D eigenvalue weighted by Gasteiger charge is -2.20. The molecule has 6 nitrogen and oxygen atoms in total. The lowest BCUT2D eigenvalue weighted by molar-refractivity contribution is -0.143. The van der Waals surface area contributed by atoms with Crippen molar-refractivity contribution in [3.05, 3.63) is 24.3 Å². The van der Waals surface area contributed by atoms with E-state index in [-0.39, 0.29) is 18.5 Å². The van der Waals surface area contributed by atoms with Gasteiger partial charge in [-0.05, 0) is 57.8 Å². The molecule has 0 bridgehead atoms. The summed E-state index contributed by atoms with van der Waals surface area (Å²) in [5.41, 5.74) is 0. The Labute approximate surface area is 399 Å². The quantitative estimate of drug-likeness (QED) is 0.0321. The molecule has 378 valence electrons. The van der Waals surface area contributed by atoms with E-state index in [1.807, 2.05) is 6.08 Å². The van der Waals surface area contributed by atoms with Crippen molar-refractivity contribution >= 4 is 11.9 Å². The van der Waals surface area contributed by atoms with Crippen molar-refractivity contribution < 1.29 is 24.5 Å². The number of nitrogens with one attached hydrogen (secondary N) is 1. The summed E-state index contributed by atoms with van der Waals surface area (Å²) < 4.78 is 5.44. The maximum atomic E-state index is 12.5. The van der Waals surface area contributed by atoms with Crippen LogP contribution in [-0.2, 0) is 14.3 Å². The van der Waals surface area contributed by atoms with E-state index in [9.17, 15) is 19.8 Å². The first-order chi connectivity index (χ1) is 31.5. The van der Waals surface area contributed by atoms with Gasteiger partial charge in [0.15, 0.2) is 0 Å². The van der Waals surface area contributed by atoms with E-state index in [2.05, 4.69) is 31.3 Å². The lowest BCUT2D eigenvalue weighted by Crippen LogP contribution is -2.45. The number of carbonyl (C=O) groups is 2. The van der Waals surface area contributed by atoms with Gasteiger partial charge in [0.05, 0.1) is 25.4 Å². The molecule has 0 saturated carbocycles. The van der Waals surface area contributed by atoms with Crippen LogP contribution in [0.2, 0.25) is 0 Å². The Balaban J connectivity index is 3.50. The van der Waals surface area contributed by atoms with E-state index in [0.717, 1.165) is 57.8 Å². The number of amides is 1. The number of carbonyl (C=O) groups excluding carboxylic acids is 2. The first-order valence-corrected chi connectivity index (χ1v) is 28.6. The zero-order valence-corrected chi connectivity index (χ0v) is 43.0. The molecule has 0 aliphatic rings. The van der Waals surface area contributed by atoms with Crippen molar-refractivity contribution in [2.24, 2.45) is 0 Å². The summed E-state index contributed by atoms with van der Waals surface area (Å²) in [7, 11) is 0. The standard InChI is InChI=1S/C58H111NO5/c1-3-5-7-9-11-13-15-17-18-19-20-21-22-23-24-25-26-27-28-30-34-38-42-46-50-56(61)55(54-60)59-57(62)51-47-43-39-35-31-29-33-37-41-45-49-53-64-58(63)52-48-44-40-36-32-16-14-12-10-8-6-4-2/h12,14,46,50,55-56,60-61H,3-11,13,15-45,47-49,51-54H2,1-2H3,(H,59,62)/b14-12-,50-46+. The van der Waals surface area contributed by atoms with Crippen molar-refractivity contribution in [3.63, 3.8) is 0 Å². The van der Waals surface area contributed by atoms with E-state index in [1.165, 1.54) is 225 Å². The first kappa shape index (κ1) is 62.3. The molecular weight excluding hydrogens is 791 g/mol. The highest BCUT2D eigenvalue weighted by atomic mass is 16.5. The molecule has 0 radical (unpaired) electrons. The molecule has 0 saturated heterocycles. The summed E-state index contributed by atoms with van der Waals surface area (Å²) in [5, 5.41) is 23.2. The van der Waals surface area contributed by atoms with Gasteiger partial charge in [-0.25, -0.2) is 0 Å². The second kappa shape index (κ2) is 54.0. The molecule has 0 heterocycles. The molecule has 1 amide bonds. The van der Waals surface area contributed by atoms with Gasteiger partial charge in [-0.2, -0.15) is 0 Å². The van der Waals surface area contributed by atoms with Crippen LogP contribution in [0, 0.1) is 0 Å². The third-order valence-electron chi connectivity index (χ3n) is 13.2. The third-order valence-corrected chi connectivity index (χ3v) is 13.2. The highest BCUT2D eigenvalue weighted by Gasteiger charge is 2.18. The minimum Gasteiger partial charge on any atom is -0.466 e. The fourth-order valence-electron chi connectivity index (χ4n) is 8.81. The fraction of sp³-hybridized carbons (Fsp3) is 0.897. The van der Waals surface area contributed by atoms with Gasteiger partial charge in [-0.15, -0.1) is 0 Å². The smallest absolute Gasteiger partial charge is 0.305 e. The monoisotopic (exact) mass is 902 g/mol. The molecule has 0 aliphatic carbocycles. The van der Waals surface area contributed by atoms with Gasteiger partial charge in [0.25, 0.3) is 0 Å². The van der Waals surface area contributed by atoms with Crippen LogP contribution < -0.4 is 5.32 Å².